The molecule has 0 N–H and O–H groups in total. The molecule has 2 nitrogen and oxygen atoms in total. The van der Waals surface area contributed by atoms with Crippen LogP contribution in [0.15, 0.2) is 11.6 Å². The minimum Gasteiger partial charge on any atom is -0.466 e. The summed E-state index contributed by atoms with van der Waals surface area (Å²) in [5.41, 5.74) is 1.35. The summed E-state index contributed by atoms with van der Waals surface area (Å²) in [6, 6.07) is 0. The largest absolute Gasteiger partial charge is 0.466 e. The number of carbonyl (C=O) groups is 1. The van der Waals surface area contributed by atoms with Crippen molar-refractivity contribution in [1.82, 2.24) is 0 Å². The van der Waals surface area contributed by atoms with Crippen LogP contribution >= 0.6 is 0 Å². The van der Waals surface area contributed by atoms with E-state index in [0.717, 1.165) is 6.42 Å². The fourth-order valence-corrected chi connectivity index (χ4v) is 2.54. The van der Waals surface area contributed by atoms with E-state index in [1.807, 2.05) is 13.8 Å². The van der Waals surface area contributed by atoms with E-state index >= 15 is 0 Å². The molecule has 0 spiro atoms. The molecule has 1 aliphatic rings. The Labute approximate surface area is 99.1 Å². The van der Waals surface area contributed by atoms with Crippen LogP contribution in [0, 0.1) is 23.7 Å². The van der Waals surface area contributed by atoms with Crippen molar-refractivity contribution >= 4 is 5.97 Å². The van der Waals surface area contributed by atoms with Gasteiger partial charge in [-0.2, -0.15) is 0 Å². The molecule has 0 aromatic carbocycles. The Morgan fingerprint density at radius 1 is 1.56 bits per heavy atom. The maximum atomic E-state index is 11.7. The van der Waals surface area contributed by atoms with Crippen molar-refractivity contribution < 1.29 is 9.53 Å². The van der Waals surface area contributed by atoms with Gasteiger partial charge in [0.15, 0.2) is 0 Å². The molecule has 0 aromatic heterocycles. The summed E-state index contributed by atoms with van der Waals surface area (Å²) in [6.45, 7) is 11.0. The second-order valence-electron chi connectivity index (χ2n) is 5.13. The van der Waals surface area contributed by atoms with Crippen molar-refractivity contribution in [3.05, 3.63) is 11.6 Å². The number of hydrogen-bond donors (Lipinski definition) is 0. The standard InChI is InChI=1S/C14H24O2/c1-6-16-14(15)12(5)13-8-10(3)9(2)7-11(13)4/h7,9-10,12-13H,6,8H2,1-5H3. The fraction of sp³-hybridized carbons (Fsp3) is 0.786. The minimum absolute atomic E-state index is 0.00819. The van der Waals surface area contributed by atoms with E-state index in [4.69, 9.17) is 4.74 Å². The molecule has 92 valence electrons. The summed E-state index contributed by atoms with van der Waals surface area (Å²) in [4.78, 5) is 11.7. The third-order valence-corrected chi connectivity index (χ3v) is 3.90. The van der Waals surface area contributed by atoms with Gasteiger partial charge in [-0.15, -0.1) is 0 Å². The molecule has 4 atom stereocenters. The third kappa shape index (κ3) is 2.87. The van der Waals surface area contributed by atoms with Gasteiger partial charge >= 0.3 is 5.97 Å². The van der Waals surface area contributed by atoms with Crippen LogP contribution in [0.2, 0.25) is 0 Å². The normalized spacial score (nSPS) is 31.8. The first kappa shape index (κ1) is 13.3. The average Bonchev–Trinajstić information content (AvgIpc) is 2.23. The lowest BCUT2D eigenvalue weighted by Crippen LogP contribution is -2.29. The van der Waals surface area contributed by atoms with Gasteiger partial charge in [-0.3, -0.25) is 4.79 Å². The molecule has 16 heavy (non-hydrogen) atoms. The maximum absolute atomic E-state index is 11.7. The van der Waals surface area contributed by atoms with Gasteiger partial charge in [-0.05, 0) is 38.0 Å². The topological polar surface area (TPSA) is 26.3 Å². The molecule has 0 amide bonds. The second kappa shape index (κ2) is 5.51. The molecule has 1 rings (SSSR count). The van der Waals surface area contributed by atoms with Crippen molar-refractivity contribution in [3.63, 3.8) is 0 Å². The van der Waals surface area contributed by atoms with Crippen molar-refractivity contribution in [2.24, 2.45) is 23.7 Å². The molecule has 0 saturated heterocycles. The predicted molar refractivity (Wildman–Crippen MR) is 66.0 cm³/mol. The quantitative estimate of drug-likeness (QED) is 0.542. The van der Waals surface area contributed by atoms with E-state index < -0.39 is 0 Å². The highest BCUT2D eigenvalue weighted by atomic mass is 16.5. The average molecular weight is 224 g/mol. The number of carbonyl (C=O) groups excluding carboxylic acids is 1. The molecular weight excluding hydrogens is 200 g/mol. The number of rotatable bonds is 3. The highest BCUT2D eigenvalue weighted by Gasteiger charge is 2.32. The van der Waals surface area contributed by atoms with E-state index in [-0.39, 0.29) is 11.9 Å². The summed E-state index contributed by atoms with van der Waals surface area (Å²) in [5.74, 6) is 1.59. The lowest BCUT2D eigenvalue weighted by atomic mass is 9.72. The van der Waals surface area contributed by atoms with Gasteiger partial charge < -0.3 is 4.74 Å². The van der Waals surface area contributed by atoms with Crippen LogP contribution in [0.3, 0.4) is 0 Å². The van der Waals surface area contributed by atoms with Crippen LogP contribution in [-0.2, 0) is 9.53 Å². The minimum atomic E-state index is -0.0537. The third-order valence-electron chi connectivity index (χ3n) is 3.90. The Bertz CT molecular complexity index is 280. The first-order valence-corrected chi connectivity index (χ1v) is 6.32. The molecule has 0 saturated carbocycles. The summed E-state index contributed by atoms with van der Waals surface area (Å²) in [5, 5.41) is 0. The Kier molecular flexibility index (Phi) is 4.57. The molecule has 0 heterocycles. The first-order valence-electron chi connectivity index (χ1n) is 6.32. The van der Waals surface area contributed by atoms with Crippen molar-refractivity contribution in [3.8, 4) is 0 Å². The Hall–Kier alpha value is -0.790. The van der Waals surface area contributed by atoms with Gasteiger partial charge in [0.2, 0.25) is 0 Å². The number of esters is 1. The highest BCUT2D eigenvalue weighted by molar-refractivity contribution is 5.72. The molecular formula is C14H24O2. The van der Waals surface area contributed by atoms with Crippen molar-refractivity contribution in [1.29, 1.82) is 0 Å². The molecule has 0 aromatic rings. The van der Waals surface area contributed by atoms with E-state index in [9.17, 15) is 4.79 Å². The van der Waals surface area contributed by atoms with Crippen molar-refractivity contribution in [2.45, 2.75) is 41.0 Å². The van der Waals surface area contributed by atoms with Gasteiger partial charge in [0.05, 0.1) is 12.5 Å². The summed E-state index contributed by atoms with van der Waals surface area (Å²) >= 11 is 0. The first-order chi connectivity index (χ1) is 7.47. The van der Waals surface area contributed by atoms with E-state index in [2.05, 4.69) is 26.8 Å². The van der Waals surface area contributed by atoms with Gasteiger partial charge in [0.1, 0.15) is 0 Å². The molecule has 0 fully saturated rings. The van der Waals surface area contributed by atoms with Crippen molar-refractivity contribution in [2.75, 3.05) is 6.61 Å². The monoisotopic (exact) mass is 224 g/mol. The number of hydrogen-bond acceptors (Lipinski definition) is 2. The van der Waals surface area contributed by atoms with Gasteiger partial charge in [0, 0.05) is 0 Å². The molecule has 0 bridgehead atoms. The number of allylic oxidation sites excluding steroid dienone is 2. The molecule has 0 radical (unpaired) electrons. The van der Waals surface area contributed by atoms with Crippen LogP contribution in [0.25, 0.3) is 0 Å². The Balaban J connectivity index is 2.73. The van der Waals surface area contributed by atoms with Crippen LogP contribution in [-0.4, -0.2) is 12.6 Å². The summed E-state index contributed by atoms with van der Waals surface area (Å²) in [6.07, 6.45) is 3.41. The Morgan fingerprint density at radius 3 is 2.75 bits per heavy atom. The van der Waals surface area contributed by atoms with E-state index in [1.54, 1.807) is 0 Å². The van der Waals surface area contributed by atoms with Crippen LogP contribution in [0.1, 0.15) is 41.0 Å². The zero-order valence-corrected chi connectivity index (χ0v) is 11.1. The molecule has 0 aliphatic heterocycles. The SMILES string of the molecule is CCOC(=O)C(C)C1CC(C)C(C)C=C1C. The van der Waals surface area contributed by atoms with Crippen LogP contribution < -0.4 is 0 Å². The zero-order chi connectivity index (χ0) is 12.3. The zero-order valence-electron chi connectivity index (χ0n) is 11.1. The lowest BCUT2D eigenvalue weighted by Gasteiger charge is -2.33. The molecule has 1 aliphatic carbocycles. The molecule has 2 heteroatoms. The number of ether oxygens (including phenoxy) is 1. The fourth-order valence-electron chi connectivity index (χ4n) is 2.54. The lowest BCUT2D eigenvalue weighted by molar-refractivity contribution is -0.149. The summed E-state index contributed by atoms with van der Waals surface area (Å²) in [7, 11) is 0. The van der Waals surface area contributed by atoms with Crippen LogP contribution in [0.4, 0.5) is 0 Å². The maximum Gasteiger partial charge on any atom is 0.309 e. The van der Waals surface area contributed by atoms with Gasteiger partial charge in [-0.1, -0.05) is 32.4 Å². The molecule has 4 unspecified atom stereocenters. The van der Waals surface area contributed by atoms with E-state index in [0.29, 0.717) is 24.4 Å². The Morgan fingerprint density at radius 2 is 2.19 bits per heavy atom. The van der Waals surface area contributed by atoms with Gasteiger partial charge in [-0.25, -0.2) is 0 Å². The smallest absolute Gasteiger partial charge is 0.309 e. The predicted octanol–water partition coefficient (Wildman–Crippen LogP) is 3.42. The van der Waals surface area contributed by atoms with E-state index in [1.165, 1.54) is 5.57 Å². The second-order valence-corrected chi connectivity index (χ2v) is 5.13. The van der Waals surface area contributed by atoms with Crippen LogP contribution in [0.5, 0.6) is 0 Å². The summed E-state index contributed by atoms with van der Waals surface area (Å²) < 4.78 is 5.10. The highest BCUT2D eigenvalue weighted by Crippen LogP contribution is 2.37. The van der Waals surface area contributed by atoms with Gasteiger partial charge in [0.25, 0.3) is 0 Å².